The predicted octanol–water partition coefficient (Wildman–Crippen LogP) is 3.69. The Morgan fingerprint density at radius 1 is 1.14 bits per heavy atom. The molecule has 0 saturated heterocycles. The molecule has 6 nitrogen and oxygen atoms in total. The first kappa shape index (κ1) is 21.4. The number of carbonyl (C=O) groups is 3. The number of hydrogen-bond donors (Lipinski definition) is 2. The van der Waals surface area contributed by atoms with Crippen LogP contribution in [0.2, 0.25) is 0 Å². The molecule has 0 radical (unpaired) electrons. The molecule has 2 rings (SSSR count). The van der Waals surface area contributed by atoms with E-state index >= 15 is 0 Å². The third kappa shape index (κ3) is 4.88. The number of carbonyl (C=O) groups excluding carboxylic acids is 3. The average molecular weight is 384 g/mol. The Bertz CT molecular complexity index is 855. The summed E-state index contributed by atoms with van der Waals surface area (Å²) in [5.41, 5.74) is 3.00. The van der Waals surface area contributed by atoms with Crippen LogP contribution in [0.5, 0.6) is 0 Å². The summed E-state index contributed by atoms with van der Waals surface area (Å²) in [5, 5.41) is 2.86. The van der Waals surface area contributed by atoms with Gasteiger partial charge in [-0.3, -0.25) is 9.59 Å². The summed E-state index contributed by atoms with van der Waals surface area (Å²) >= 11 is 0. The van der Waals surface area contributed by atoms with Gasteiger partial charge in [0.25, 0.3) is 5.91 Å². The summed E-state index contributed by atoms with van der Waals surface area (Å²) in [6.07, 6.45) is -0.0580. The van der Waals surface area contributed by atoms with E-state index in [2.05, 4.69) is 17.2 Å². The zero-order valence-electron chi connectivity index (χ0n) is 17.1. The Morgan fingerprint density at radius 2 is 1.79 bits per heavy atom. The van der Waals surface area contributed by atoms with E-state index in [0.29, 0.717) is 23.4 Å². The summed E-state index contributed by atoms with van der Waals surface area (Å²) < 4.78 is 5.31. The standard InChI is InChI=1S/C22H28N2O4/c1-6-17(18-10-8-7-9-11-18)12-23-21(26)16(5)28-22(27)20-13(2)19(15(4)25)14(3)24-20/h7-11,16-17,24H,6,12H2,1-5H3,(H,23,26)/t16-,17-/m1/s1. The summed E-state index contributed by atoms with van der Waals surface area (Å²) in [6, 6.07) is 9.97. The van der Waals surface area contributed by atoms with Crippen LogP contribution in [0.4, 0.5) is 0 Å². The molecule has 28 heavy (non-hydrogen) atoms. The van der Waals surface area contributed by atoms with Gasteiger partial charge in [-0.05, 0) is 45.2 Å². The van der Waals surface area contributed by atoms with Gasteiger partial charge in [-0.25, -0.2) is 4.79 Å². The van der Waals surface area contributed by atoms with Crippen LogP contribution in [0, 0.1) is 13.8 Å². The van der Waals surface area contributed by atoms with Crippen LogP contribution >= 0.6 is 0 Å². The highest BCUT2D eigenvalue weighted by molar-refractivity contribution is 6.01. The van der Waals surface area contributed by atoms with Crippen LogP contribution in [0.3, 0.4) is 0 Å². The van der Waals surface area contributed by atoms with Gasteiger partial charge in [-0.15, -0.1) is 0 Å². The van der Waals surface area contributed by atoms with Gasteiger partial charge in [0.2, 0.25) is 0 Å². The molecule has 1 amide bonds. The number of aromatic nitrogens is 1. The first-order valence-electron chi connectivity index (χ1n) is 9.49. The molecule has 0 bridgehead atoms. The summed E-state index contributed by atoms with van der Waals surface area (Å²) in [6.45, 7) is 8.93. The minimum atomic E-state index is -0.940. The molecular weight excluding hydrogens is 356 g/mol. The number of H-pyrrole nitrogens is 1. The molecule has 0 aliphatic rings. The van der Waals surface area contributed by atoms with Gasteiger partial charge in [-0.1, -0.05) is 37.3 Å². The fourth-order valence-electron chi connectivity index (χ4n) is 3.35. The van der Waals surface area contributed by atoms with E-state index in [9.17, 15) is 14.4 Å². The number of aromatic amines is 1. The van der Waals surface area contributed by atoms with Crippen LogP contribution < -0.4 is 5.32 Å². The third-order valence-corrected chi connectivity index (χ3v) is 4.93. The second kappa shape index (κ2) is 9.35. The molecule has 1 aromatic heterocycles. The normalized spacial score (nSPS) is 12.9. The fraction of sp³-hybridized carbons (Fsp3) is 0.409. The fourth-order valence-corrected chi connectivity index (χ4v) is 3.35. The van der Waals surface area contributed by atoms with E-state index < -0.39 is 12.1 Å². The molecule has 6 heteroatoms. The van der Waals surface area contributed by atoms with Crippen molar-refractivity contribution in [3.63, 3.8) is 0 Å². The zero-order valence-corrected chi connectivity index (χ0v) is 17.1. The smallest absolute Gasteiger partial charge is 0.355 e. The Morgan fingerprint density at radius 3 is 2.32 bits per heavy atom. The SMILES string of the molecule is CC[C@H](CNC(=O)[C@@H](C)OC(=O)c1[nH]c(C)c(C(C)=O)c1C)c1ccccc1. The van der Waals surface area contributed by atoms with Gasteiger partial charge in [0.1, 0.15) is 5.69 Å². The maximum Gasteiger partial charge on any atom is 0.355 e. The van der Waals surface area contributed by atoms with Gasteiger partial charge < -0.3 is 15.0 Å². The van der Waals surface area contributed by atoms with Crippen molar-refractivity contribution in [2.75, 3.05) is 6.54 Å². The highest BCUT2D eigenvalue weighted by Gasteiger charge is 2.25. The van der Waals surface area contributed by atoms with Crippen molar-refractivity contribution in [1.82, 2.24) is 10.3 Å². The summed E-state index contributed by atoms with van der Waals surface area (Å²) in [7, 11) is 0. The molecule has 0 aliphatic carbocycles. The topological polar surface area (TPSA) is 88.3 Å². The second-order valence-corrected chi connectivity index (χ2v) is 6.99. The van der Waals surface area contributed by atoms with Crippen LogP contribution in [-0.4, -0.2) is 35.3 Å². The second-order valence-electron chi connectivity index (χ2n) is 6.99. The van der Waals surface area contributed by atoms with Crippen molar-refractivity contribution in [2.45, 2.75) is 53.1 Å². The van der Waals surface area contributed by atoms with Crippen LogP contribution in [-0.2, 0) is 9.53 Å². The van der Waals surface area contributed by atoms with Crippen molar-refractivity contribution in [1.29, 1.82) is 0 Å². The van der Waals surface area contributed by atoms with Crippen molar-refractivity contribution < 1.29 is 19.1 Å². The van der Waals surface area contributed by atoms with Crippen molar-refractivity contribution in [2.24, 2.45) is 0 Å². The van der Waals surface area contributed by atoms with E-state index in [1.54, 1.807) is 13.8 Å². The van der Waals surface area contributed by atoms with Crippen LogP contribution in [0.15, 0.2) is 30.3 Å². The van der Waals surface area contributed by atoms with E-state index in [1.807, 2.05) is 30.3 Å². The quantitative estimate of drug-likeness (QED) is 0.537. The van der Waals surface area contributed by atoms with Gasteiger partial charge in [0, 0.05) is 23.7 Å². The Labute approximate surface area is 165 Å². The summed E-state index contributed by atoms with van der Waals surface area (Å²) in [5.74, 6) is -0.927. The molecule has 0 saturated carbocycles. The molecule has 1 heterocycles. The maximum atomic E-state index is 12.4. The lowest BCUT2D eigenvalue weighted by Gasteiger charge is -2.18. The first-order valence-corrected chi connectivity index (χ1v) is 9.49. The molecular formula is C22H28N2O4. The number of aryl methyl sites for hydroxylation is 1. The molecule has 2 atom stereocenters. The third-order valence-electron chi connectivity index (χ3n) is 4.93. The lowest BCUT2D eigenvalue weighted by atomic mass is 9.96. The number of esters is 1. The van der Waals surface area contributed by atoms with E-state index in [1.165, 1.54) is 13.8 Å². The maximum absolute atomic E-state index is 12.4. The molecule has 150 valence electrons. The van der Waals surface area contributed by atoms with Crippen molar-refractivity contribution in [3.8, 4) is 0 Å². The Hall–Kier alpha value is -2.89. The first-order chi connectivity index (χ1) is 13.3. The van der Waals surface area contributed by atoms with Gasteiger partial charge in [0.15, 0.2) is 11.9 Å². The molecule has 0 aliphatic heterocycles. The van der Waals surface area contributed by atoms with Gasteiger partial charge >= 0.3 is 5.97 Å². The number of ketones is 1. The highest BCUT2D eigenvalue weighted by Crippen LogP contribution is 2.20. The lowest BCUT2D eigenvalue weighted by molar-refractivity contribution is -0.129. The van der Waals surface area contributed by atoms with Crippen molar-refractivity contribution in [3.05, 3.63) is 58.4 Å². The number of ether oxygens (including phenoxy) is 1. The average Bonchev–Trinajstić information content (AvgIpc) is 2.97. The largest absolute Gasteiger partial charge is 0.448 e. The number of hydrogen-bond acceptors (Lipinski definition) is 4. The van der Waals surface area contributed by atoms with Gasteiger partial charge in [0.05, 0.1) is 0 Å². The Kier molecular flexibility index (Phi) is 7.15. The zero-order chi connectivity index (χ0) is 20.8. The molecule has 0 spiro atoms. The Balaban J connectivity index is 1.98. The monoisotopic (exact) mass is 384 g/mol. The van der Waals surface area contributed by atoms with E-state index in [-0.39, 0.29) is 23.3 Å². The van der Waals surface area contributed by atoms with E-state index in [4.69, 9.17) is 4.74 Å². The molecule has 0 unspecified atom stereocenters. The van der Waals surface area contributed by atoms with E-state index in [0.717, 1.165) is 12.0 Å². The number of amides is 1. The number of benzene rings is 1. The van der Waals surface area contributed by atoms with Crippen LogP contribution in [0.1, 0.15) is 70.8 Å². The molecule has 0 fully saturated rings. The number of Topliss-reactive ketones (excluding diaryl/α,β-unsaturated/α-hetero) is 1. The highest BCUT2D eigenvalue weighted by atomic mass is 16.5. The molecule has 2 aromatic rings. The molecule has 2 N–H and O–H groups in total. The predicted molar refractivity (Wildman–Crippen MR) is 108 cm³/mol. The minimum Gasteiger partial charge on any atom is -0.448 e. The number of rotatable bonds is 8. The molecule has 1 aromatic carbocycles. The number of nitrogens with one attached hydrogen (secondary N) is 2. The lowest BCUT2D eigenvalue weighted by Crippen LogP contribution is -2.38. The minimum absolute atomic E-state index is 0.123. The van der Waals surface area contributed by atoms with Crippen LogP contribution in [0.25, 0.3) is 0 Å². The van der Waals surface area contributed by atoms with Gasteiger partial charge in [-0.2, -0.15) is 0 Å². The summed E-state index contributed by atoms with van der Waals surface area (Å²) in [4.78, 5) is 39.4. The van der Waals surface area contributed by atoms with Crippen molar-refractivity contribution >= 4 is 17.7 Å².